The van der Waals surface area contributed by atoms with E-state index in [-0.39, 0.29) is 5.02 Å². The van der Waals surface area contributed by atoms with Crippen LogP contribution in [0, 0.1) is 5.82 Å². The summed E-state index contributed by atoms with van der Waals surface area (Å²) >= 11 is 5.57. The maximum atomic E-state index is 13.1. The standard InChI is InChI=1S/C11H13ClFN/c1-3-6-11(2,14)8-4-5-9(12)10(13)7-8/h3-5,7H,1,6,14H2,2H3. The van der Waals surface area contributed by atoms with Crippen LogP contribution >= 0.6 is 11.6 Å². The Kier molecular flexibility index (Phi) is 3.29. The van der Waals surface area contributed by atoms with Crippen molar-refractivity contribution in [1.82, 2.24) is 0 Å². The highest BCUT2D eigenvalue weighted by Gasteiger charge is 2.20. The summed E-state index contributed by atoms with van der Waals surface area (Å²) in [5.41, 5.74) is 6.12. The van der Waals surface area contributed by atoms with Gasteiger partial charge in [0.1, 0.15) is 5.82 Å². The molecule has 0 bridgehead atoms. The van der Waals surface area contributed by atoms with Gasteiger partial charge in [-0.1, -0.05) is 23.7 Å². The van der Waals surface area contributed by atoms with Crippen molar-refractivity contribution in [2.45, 2.75) is 18.9 Å². The minimum absolute atomic E-state index is 0.114. The first-order valence-corrected chi connectivity index (χ1v) is 4.70. The van der Waals surface area contributed by atoms with Gasteiger partial charge in [-0.2, -0.15) is 0 Å². The molecule has 14 heavy (non-hydrogen) atoms. The molecule has 1 atom stereocenters. The van der Waals surface area contributed by atoms with E-state index in [2.05, 4.69) is 6.58 Å². The van der Waals surface area contributed by atoms with E-state index in [4.69, 9.17) is 17.3 Å². The van der Waals surface area contributed by atoms with Crippen molar-refractivity contribution in [3.8, 4) is 0 Å². The van der Waals surface area contributed by atoms with Gasteiger partial charge in [0.05, 0.1) is 5.02 Å². The Morgan fingerprint density at radius 3 is 2.79 bits per heavy atom. The predicted molar refractivity (Wildman–Crippen MR) is 57.8 cm³/mol. The van der Waals surface area contributed by atoms with E-state index in [1.165, 1.54) is 12.1 Å². The van der Waals surface area contributed by atoms with Crippen molar-refractivity contribution in [3.63, 3.8) is 0 Å². The van der Waals surface area contributed by atoms with Crippen LogP contribution in [0.2, 0.25) is 5.02 Å². The van der Waals surface area contributed by atoms with Crippen LogP contribution in [0.3, 0.4) is 0 Å². The third kappa shape index (κ3) is 2.34. The molecule has 1 nitrogen and oxygen atoms in total. The largest absolute Gasteiger partial charge is 0.321 e. The van der Waals surface area contributed by atoms with Crippen molar-refractivity contribution in [2.24, 2.45) is 5.73 Å². The van der Waals surface area contributed by atoms with Gasteiger partial charge in [-0.05, 0) is 31.0 Å². The van der Waals surface area contributed by atoms with E-state index in [1.54, 1.807) is 12.1 Å². The van der Waals surface area contributed by atoms with Crippen molar-refractivity contribution in [1.29, 1.82) is 0 Å². The van der Waals surface area contributed by atoms with Crippen molar-refractivity contribution in [2.75, 3.05) is 0 Å². The minimum atomic E-state index is -0.590. The Bertz CT molecular complexity index is 347. The third-order valence-electron chi connectivity index (χ3n) is 2.15. The van der Waals surface area contributed by atoms with Gasteiger partial charge in [-0.25, -0.2) is 4.39 Å². The van der Waals surface area contributed by atoms with Gasteiger partial charge in [0, 0.05) is 5.54 Å². The molecule has 76 valence electrons. The number of rotatable bonds is 3. The summed E-state index contributed by atoms with van der Waals surface area (Å²) in [7, 11) is 0. The van der Waals surface area contributed by atoms with Crippen molar-refractivity contribution in [3.05, 3.63) is 47.3 Å². The molecular weight excluding hydrogens is 201 g/mol. The molecule has 0 aliphatic heterocycles. The Labute approximate surface area is 88.4 Å². The van der Waals surface area contributed by atoms with E-state index >= 15 is 0 Å². The van der Waals surface area contributed by atoms with Crippen LogP contribution in [-0.4, -0.2) is 0 Å². The van der Waals surface area contributed by atoms with Gasteiger partial charge in [-0.3, -0.25) is 0 Å². The molecule has 0 amide bonds. The summed E-state index contributed by atoms with van der Waals surface area (Å²) in [6, 6.07) is 4.61. The fourth-order valence-electron chi connectivity index (χ4n) is 1.27. The molecule has 0 saturated heterocycles. The second-order valence-corrected chi connectivity index (χ2v) is 3.95. The molecule has 0 aromatic heterocycles. The summed E-state index contributed by atoms with van der Waals surface area (Å²) in [4.78, 5) is 0. The fourth-order valence-corrected chi connectivity index (χ4v) is 1.39. The zero-order chi connectivity index (χ0) is 10.8. The van der Waals surface area contributed by atoms with Gasteiger partial charge in [-0.15, -0.1) is 6.58 Å². The number of hydrogen-bond donors (Lipinski definition) is 1. The van der Waals surface area contributed by atoms with Gasteiger partial charge < -0.3 is 5.73 Å². The number of benzene rings is 1. The first-order valence-electron chi connectivity index (χ1n) is 4.32. The molecule has 1 rings (SSSR count). The maximum Gasteiger partial charge on any atom is 0.142 e. The second-order valence-electron chi connectivity index (χ2n) is 3.54. The SMILES string of the molecule is C=CCC(C)(N)c1ccc(Cl)c(F)c1. The molecule has 3 heteroatoms. The Hall–Kier alpha value is -0.860. The molecule has 0 aliphatic carbocycles. The van der Waals surface area contributed by atoms with Crippen molar-refractivity contribution >= 4 is 11.6 Å². The molecule has 1 unspecified atom stereocenters. The smallest absolute Gasteiger partial charge is 0.142 e. The number of halogens is 2. The predicted octanol–water partition coefficient (Wildman–Crippen LogP) is 3.23. The summed E-state index contributed by atoms with van der Waals surface area (Å²) in [6.07, 6.45) is 2.31. The Morgan fingerprint density at radius 1 is 1.64 bits per heavy atom. The van der Waals surface area contributed by atoms with Crippen LogP contribution in [0.5, 0.6) is 0 Å². The molecule has 0 radical (unpaired) electrons. The van der Waals surface area contributed by atoms with E-state index in [9.17, 15) is 4.39 Å². The molecule has 1 aromatic rings. The topological polar surface area (TPSA) is 26.0 Å². The quantitative estimate of drug-likeness (QED) is 0.767. The molecule has 0 fully saturated rings. The zero-order valence-electron chi connectivity index (χ0n) is 8.06. The van der Waals surface area contributed by atoms with Gasteiger partial charge >= 0.3 is 0 Å². The zero-order valence-corrected chi connectivity index (χ0v) is 8.81. The van der Waals surface area contributed by atoms with Gasteiger partial charge in [0.25, 0.3) is 0 Å². The average molecular weight is 214 g/mol. The monoisotopic (exact) mass is 213 g/mol. The lowest BCUT2D eigenvalue weighted by molar-refractivity contribution is 0.497. The first kappa shape index (κ1) is 11.2. The summed E-state index contributed by atoms with van der Waals surface area (Å²) < 4.78 is 13.1. The lowest BCUT2D eigenvalue weighted by atomic mass is 9.90. The summed E-state index contributed by atoms with van der Waals surface area (Å²) in [5, 5.41) is 0.114. The van der Waals surface area contributed by atoms with E-state index in [0.717, 1.165) is 5.56 Å². The van der Waals surface area contributed by atoms with Crippen LogP contribution in [0.4, 0.5) is 4.39 Å². The molecular formula is C11H13ClFN. The summed E-state index contributed by atoms with van der Waals surface area (Å²) in [6.45, 7) is 5.44. The fraction of sp³-hybridized carbons (Fsp3) is 0.273. The maximum absolute atomic E-state index is 13.1. The summed E-state index contributed by atoms with van der Waals surface area (Å²) in [5.74, 6) is -0.440. The lowest BCUT2D eigenvalue weighted by Crippen LogP contribution is -2.32. The lowest BCUT2D eigenvalue weighted by Gasteiger charge is -2.23. The second kappa shape index (κ2) is 4.11. The number of hydrogen-bond acceptors (Lipinski definition) is 1. The third-order valence-corrected chi connectivity index (χ3v) is 2.45. The molecule has 2 N–H and O–H groups in total. The Morgan fingerprint density at radius 2 is 2.29 bits per heavy atom. The van der Waals surface area contributed by atoms with Crippen LogP contribution in [0.1, 0.15) is 18.9 Å². The molecule has 1 aromatic carbocycles. The van der Waals surface area contributed by atoms with E-state index in [1.807, 2.05) is 6.92 Å². The highest BCUT2D eigenvalue weighted by atomic mass is 35.5. The molecule has 0 spiro atoms. The van der Waals surface area contributed by atoms with Gasteiger partial charge in [0.15, 0.2) is 0 Å². The molecule has 0 saturated carbocycles. The average Bonchev–Trinajstić information content (AvgIpc) is 2.09. The van der Waals surface area contributed by atoms with Crippen LogP contribution < -0.4 is 5.73 Å². The van der Waals surface area contributed by atoms with Crippen molar-refractivity contribution < 1.29 is 4.39 Å². The number of nitrogens with two attached hydrogens (primary N) is 1. The highest BCUT2D eigenvalue weighted by Crippen LogP contribution is 2.25. The van der Waals surface area contributed by atoms with Gasteiger partial charge in [0.2, 0.25) is 0 Å². The van der Waals surface area contributed by atoms with Crippen LogP contribution in [0.25, 0.3) is 0 Å². The first-order chi connectivity index (χ1) is 6.47. The van der Waals surface area contributed by atoms with Crippen LogP contribution in [0.15, 0.2) is 30.9 Å². The molecule has 0 aliphatic rings. The van der Waals surface area contributed by atoms with E-state index in [0.29, 0.717) is 6.42 Å². The molecule has 0 heterocycles. The Balaban J connectivity index is 3.07. The minimum Gasteiger partial charge on any atom is -0.321 e. The van der Waals surface area contributed by atoms with Crippen LogP contribution in [-0.2, 0) is 5.54 Å². The normalized spacial score (nSPS) is 14.9. The van der Waals surface area contributed by atoms with E-state index < -0.39 is 11.4 Å². The highest BCUT2D eigenvalue weighted by molar-refractivity contribution is 6.30.